The van der Waals surface area contributed by atoms with Crippen LogP contribution in [0.2, 0.25) is 0 Å². The fourth-order valence-corrected chi connectivity index (χ4v) is 3.26. The van der Waals surface area contributed by atoms with Crippen LogP contribution >= 0.6 is 27.3 Å². The summed E-state index contributed by atoms with van der Waals surface area (Å²) in [6.45, 7) is 0. The Bertz CT molecular complexity index is 542. The van der Waals surface area contributed by atoms with E-state index in [1.807, 2.05) is 11.4 Å². The third kappa shape index (κ3) is 2.91. The highest BCUT2D eigenvalue weighted by Gasteiger charge is 2.19. The summed E-state index contributed by atoms with van der Waals surface area (Å²) in [6, 6.07) is 6.45. The van der Waals surface area contributed by atoms with Crippen LogP contribution in [0.5, 0.6) is 5.75 Å². The van der Waals surface area contributed by atoms with Crippen molar-refractivity contribution in [3.63, 3.8) is 0 Å². The van der Waals surface area contributed by atoms with Crippen molar-refractivity contribution in [3.05, 3.63) is 50.4 Å². The van der Waals surface area contributed by atoms with Gasteiger partial charge in [-0.25, -0.2) is 4.39 Å². The molecular weight excluding hydrogens is 319 g/mol. The normalized spacial score (nSPS) is 12.4. The van der Waals surface area contributed by atoms with E-state index in [0.717, 1.165) is 9.35 Å². The maximum atomic E-state index is 13.7. The first-order chi connectivity index (χ1) is 8.61. The van der Waals surface area contributed by atoms with Crippen molar-refractivity contribution in [1.82, 2.24) is 0 Å². The SMILES string of the molecule is COc1cccc(F)c1C(O)Cc1cc(Br)cs1. The molecule has 1 atom stereocenters. The number of aliphatic hydroxyl groups excluding tert-OH is 1. The van der Waals surface area contributed by atoms with E-state index >= 15 is 0 Å². The highest BCUT2D eigenvalue weighted by molar-refractivity contribution is 9.10. The zero-order valence-corrected chi connectivity index (χ0v) is 12.1. The minimum absolute atomic E-state index is 0.213. The summed E-state index contributed by atoms with van der Waals surface area (Å²) < 4.78 is 19.8. The molecule has 1 aromatic carbocycles. The molecule has 1 heterocycles. The molecule has 0 saturated carbocycles. The van der Waals surface area contributed by atoms with E-state index in [2.05, 4.69) is 15.9 Å². The predicted octanol–water partition coefficient (Wildman–Crippen LogP) is 3.93. The molecule has 0 bridgehead atoms. The Morgan fingerprint density at radius 1 is 1.50 bits per heavy atom. The van der Waals surface area contributed by atoms with E-state index in [-0.39, 0.29) is 5.56 Å². The molecule has 1 aromatic heterocycles. The lowest BCUT2D eigenvalue weighted by Crippen LogP contribution is -2.06. The Morgan fingerprint density at radius 3 is 2.89 bits per heavy atom. The lowest BCUT2D eigenvalue weighted by atomic mass is 10.0. The predicted molar refractivity (Wildman–Crippen MR) is 73.6 cm³/mol. The van der Waals surface area contributed by atoms with Crippen LogP contribution in [0.3, 0.4) is 0 Å². The topological polar surface area (TPSA) is 29.5 Å². The number of methoxy groups -OCH3 is 1. The number of rotatable bonds is 4. The largest absolute Gasteiger partial charge is 0.496 e. The highest BCUT2D eigenvalue weighted by Crippen LogP contribution is 2.32. The summed E-state index contributed by atoms with van der Waals surface area (Å²) in [4.78, 5) is 0.986. The van der Waals surface area contributed by atoms with E-state index in [1.165, 1.54) is 24.5 Å². The van der Waals surface area contributed by atoms with Crippen molar-refractivity contribution in [2.45, 2.75) is 12.5 Å². The molecule has 0 radical (unpaired) electrons. The van der Waals surface area contributed by atoms with E-state index in [4.69, 9.17) is 4.74 Å². The van der Waals surface area contributed by atoms with Gasteiger partial charge in [-0.3, -0.25) is 0 Å². The van der Waals surface area contributed by atoms with Crippen molar-refractivity contribution in [3.8, 4) is 5.75 Å². The van der Waals surface area contributed by atoms with Gasteiger partial charge in [-0.1, -0.05) is 6.07 Å². The van der Waals surface area contributed by atoms with E-state index in [9.17, 15) is 9.50 Å². The quantitative estimate of drug-likeness (QED) is 0.920. The minimum atomic E-state index is -0.910. The Labute approximate surface area is 117 Å². The van der Waals surface area contributed by atoms with Gasteiger partial charge in [0.2, 0.25) is 0 Å². The third-order valence-corrected chi connectivity index (χ3v) is 4.30. The Morgan fingerprint density at radius 2 is 2.28 bits per heavy atom. The van der Waals surface area contributed by atoms with Crippen LogP contribution in [-0.2, 0) is 6.42 Å². The molecule has 96 valence electrons. The van der Waals surface area contributed by atoms with E-state index in [1.54, 1.807) is 12.1 Å². The summed E-state index contributed by atoms with van der Waals surface area (Å²) in [5, 5.41) is 12.1. The molecule has 2 rings (SSSR count). The summed E-state index contributed by atoms with van der Waals surface area (Å²) in [5.41, 5.74) is 0.213. The summed E-state index contributed by atoms with van der Waals surface area (Å²) >= 11 is 4.87. The molecule has 5 heteroatoms. The first kappa shape index (κ1) is 13.5. The molecule has 0 aliphatic rings. The monoisotopic (exact) mass is 330 g/mol. The maximum absolute atomic E-state index is 13.7. The van der Waals surface area contributed by atoms with Gasteiger partial charge in [0.15, 0.2) is 0 Å². The number of ether oxygens (including phenoxy) is 1. The second-order valence-electron chi connectivity index (χ2n) is 3.81. The molecule has 0 saturated heterocycles. The van der Waals surface area contributed by atoms with Crippen LogP contribution in [-0.4, -0.2) is 12.2 Å². The highest BCUT2D eigenvalue weighted by atomic mass is 79.9. The van der Waals surface area contributed by atoms with Crippen LogP contribution in [0.4, 0.5) is 4.39 Å². The number of thiophene rings is 1. The van der Waals surface area contributed by atoms with Crippen molar-refractivity contribution in [2.75, 3.05) is 7.11 Å². The number of benzene rings is 1. The molecule has 1 unspecified atom stereocenters. The van der Waals surface area contributed by atoms with Crippen LogP contribution in [0.15, 0.2) is 34.1 Å². The van der Waals surface area contributed by atoms with Gasteiger partial charge < -0.3 is 9.84 Å². The van der Waals surface area contributed by atoms with Crippen molar-refractivity contribution in [2.24, 2.45) is 0 Å². The van der Waals surface area contributed by atoms with Crippen molar-refractivity contribution >= 4 is 27.3 Å². The second kappa shape index (κ2) is 5.82. The Balaban J connectivity index is 2.25. The Hall–Kier alpha value is -0.910. The van der Waals surface area contributed by atoms with Gasteiger partial charge >= 0.3 is 0 Å². The number of halogens is 2. The van der Waals surface area contributed by atoms with Gasteiger partial charge in [0, 0.05) is 21.2 Å². The molecule has 0 aliphatic carbocycles. The Kier molecular flexibility index (Phi) is 4.37. The summed E-state index contributed by atoms with van der Waals surface area (Å²) in [6.07, 6.45) is -0.542. The van der Waals surface area contributed by atoms with Crippen LogP contribution in [0.1, 0.15) is 16.5 Å². The standard InChI is InChI=1S/C13H12BrFO2S/c1-17-12-4-2-3-10(15)13(12)11(16)6-9-5-8(14)7-18-9/h2-5,7,11,16H,6H2,1H3. The molecular formula is C13H12BrFO2S. The van der Waals surface area contributed by atoms with Crippen molar-refractivity contribution in [1.29, 1.82) is 0 Å². The molecule has 1 N–H and O–H groups in total. The van der Waals surface area contributed by atoms with Crippen LogP contribution in [0.25, 0.3) is 0 Å². The van der Waals surface area contributed by atoms with Gasteiger partial charge in [0.05, 0.1) is 18.8 Å². The zero-order chi connectivity index (χ0) is 13.1. The average molecular weight is 331 g/mol. The molecule has 2 nitrogen and oxygen atoms in total. The molecule has 0 spiro atoms. The number of hydrogen-bond acceptors (Lipinski definition) is 3. The number of aliphatic hydroxyl groups is 1. The van der Waals surface area contributed by atoms with E-state index in [0.29, 0.717) is 12.2 Å². The molecule has 18 heavy (non-hydrogen) atoms. The fourth-order valence-electron chi connectivity index (χ4n) is 1.77. The molecule has 0 aliphatic heterocycles. The fraction of sp³-hybridized carbons (Fsp3) is 0.231. The van der Waals surface area contributed by atoms with E-state index < -0.39 is 11.9 Å². The van der Waals surface area contributed by atoms with Gasteiger partial charge in [-0.05, 0) is 34.1 Å². The van der Waals surface area contributed by atoms with Crippen molar-refractivity contribution < 1.29 is 14.2 Å². The first-order valence-corrected chi connectivity index (χ1v) is 7.02. The van der Waals surface area contributed by atoms with Crippen LogP contribution in [0, 0.1) is 5.82 Å². The smallest absolute Gasteiger partial charge is 0.132 e. The lowest BCUT2D eigenvalue weighted by Gasteiger charge is -2.14. The summed E-state index contributed by atoms with van der Waals surface area (Å²) in [7, 11) is 1.47. The zero-order valence-electron chi connectivity index (χ0n) is 9.69. The van der Waals surface area contributed by atoms with Gasteiger partial charge in [-0.2, -0.15) is 0 Å². The minimum Gasteiger partial charge on any atom is -0.496 e. The third-order valence-electron chi connectivity index (χ3n) is 2.58. The molecule has 2 aromatic rings. The summed E-state index contributed by atoms with van der Waals surface area (Å²) in [5.74, 6) is -0.0735. The average Bonchev–Trinajstić information content (AvgIpc) is 2.74. The second-order valence-corrected chi connectivity index (χ2v) is 5.72. The van der Waals surface area contributed by atoms with Gasteiger partial charge in [0.25, 0.3) is 0 Å². The maximum Gasteiger partial charge on any atom is 0.132 e. The van der Waals surface area contributed by atoms with Gasteiger partial charge in [0.1, 0.15) is 11.6 Å². The molecule has 0 fully saturated rings. The molecule has 0 amide bonds. The van der Waals surface area contributed by atoms with Gasteiger partial charge in [-0.15, -0.1) is 11.3 Å². The lowest BCUT2D eigenvalue weighted by molar-refractivity contribution is 0.170. The first-order valence-electron chi connectivity index (χ1n) is 5.35. The van der Waals surface area contributed by atoms with Crippen LogP contribution < -0.4 is 4.74 Å². The number of hydrogen-bond donors (Lipinski definition) is 1.